The van der Waals surface area contributed by atoms with Crippen LogP contribution in [0.15, 0.2) is 58.2 Å². The van der Waals surface area contributed by atoms with Crippen LogP contribution in [0, 0.1) is 20.8 Å². The van der Waals surface area contributed by atoms with Gasteiger partial charge in [0, 0.05) is 18.4 Å². The summed E-state index contributed by atoms with van der Waals surface area (Å²) in [5.74, 6) is 1.38. The minimum atomic E-state index is -0.334. The fourth-order valence-electron chi connectivity index (χ4n) is 4.17. The van der Waals surface area contributed by atoms with E-state index in [0.29, 0.717) is 25.3 Å². The van der Waals surface area contributed by atoms with Crippen LogP contribution in [0.2, 0.25) is 0 Å². The summed E-state index contributed by atoms with van der Waals surface area (Å²) in [6.45, 7) is 10.7. The zero-order valence-corrected chi connectivity index (χ0v) is 20.0. The van der Waals surface area contributed by atoms with Crippen molar-refractivity contribution >= 4 is 11.6 Å². The first-order chi connectivity index (χ1) is 15.7. The van der Waals surface area contributed by atoms with E-state index in [1.165, 1.54) is 11.1 Å². The zero-order chi connectivity index (χ0) is 23.6. The molecule has 3 aromatic rings. The lowest BCUT2D eigenvalue weighted by Gasteiger charge is -2.28. The first-order valence-electron chi connectivity index (χ1n) is 11.4. The van der Waals surface area contributed by atoms with Crippen LogP contribution in [0.5, 0.6) is 5.75 Å². The number of rotatable bonds is 7. The highest BCUT2D eigenvalue weighted by Crippen LogP contribution is 2.31. The van der Waals surface area contributed by atoms with Gasteiger partial charge in [0.2, 0.25) is 11.8 Å². The molecule has 0 fully saturated rings. The van der Waals surface area contributed by atoms with E-state index in [-0.39, 0.29) is 11.4 Å². The van der Waals surface area contributed by atoms with Crippen LogP contribution < -0.4 is 4.74 Å². The Balaban J connectivity index is 1.31. The fraction of sp³-hybridized carbons (Fsp3) is 0.370. The van der Waals surface area contributed by atoms with Crippen molar-refractivity contribution in [1.82, 2.24) is 9.99 Å². The zero-order valence-electron chi connectivity index (χ0n) is 20.0. The van der Waals surface area contributed by atoms with Crippen LogP contribution in [0.4, 0.5) is 0 Å². The Hall–Kier alpha value is -3.41. The lowest BCUT2D eigenvalue weighted by Crippen LogP contribution is -2.40. The summed E-state index contributed by atoms with van der Waals surface area (Å²) in [6.07, 6.45) is 3.39. The number of carbonyl (C=O) groups is 1. The van der Waals surface area contributed by atoms with Gasteiger partial charge in [-0.1, -0.05) is 29.3 Å². The lowest BCUT2D eigenvalue weighted by atomic mass is 9.93. The van der Waals surface area contributed by atoms with Gasteiger partial charge in [-0.05, 0) is 70.9 Å². The molecule has 0 atom stereocenters. The van der Waals surface area contributed by atoms with Crippen LogP contribution in [0.1, 0.15) is 55.5 Å². The van der Waals surface area contributed by atoms with Crippen molar-refractivity contribution in [2.75, 3.05) is 6.61 Å². The maximum absolute atomic E-state index is 12.9. The summed E-state index contributed by atoms with van der Waals surface area (Å²) in [5, 5.41) is 6.38. The monoisotopic (exact) mass is 445 g/mol. The molecule has 33 heavy (non-hydrogen) atoms. The van der Waals surface area contributed by atoms with E-state index in [0.717, 1.165) is 34.7 Å². The van der Waals surface area contributed by atoms with Crippen LogP contribution in [-0.4, -0.2) is 33.8 Å². The maximum Gasteiger partial charge on any atom is 0.243 e. The Morgan fingerprint density at radius 3 is 2.39 bits per heavy atom. The number of benzene rings is 2. The molecule has 4 rings (SSSR count). The molecule has 2 aromatic carbocycles. The molecule has 0 spiro atoms. The quantitative estimate of drug-likeness (QED) is 0.428. The number of aromatic nitrogens is 1. The third kappa shape index (κ3) is 5.33. The highest BCUT2D eigenvalue weighted by atomic mass is 16.5. The Morgan fingerprint density at radius 1 is 1.06 bits per heavy atom. The van der Waals surface area contributed by atoms with Crippen LogP contribution in [0.3, 0.4) is 0 Å². The molecule has 1 amide bonds. The average molecular weight is 446 g/mol. The highest BCUT2D eigenvalue weighted by Gasteiger charge is 2.38. The first-order valence-corrected chi connectivity index (χ1v) is 11.4. The number of hydrogen-bond acceptors (Lipinski definition) is 5. The molecular weight excluding hydrogens is 414 g/mol. The molecule has 1 aromatic heterocycles. The predicted molar refractivity (Wildman–Crippen MR) is 129 cm³/mol. The van der Waals surface area contributed by atoms with E-state index in [1.54, 1.807) is 11.3 Å². The maximum atomic E-state index is 12.9. The van der Waals surface area contributed by atoms with Gasteiger partial charge in [-0.3, -0.25) is 4.79 Å². The Morgan fingerprint density at radius 2 is 1.76 bits per heavy atom. The van der Waals surface area contributed by atoms with E-state index >= 15 is 0 Å². The Labute approximate surface area is 195 Å². The van der Waals surface area contributed by atoms with Gasteiger partial charge in [0.05, 0.1) is 23.6 Å². The molecule has 6 heteroatoms. The van der Waals surface area contributed by atoms with Gasteiger partial charge < -0.3 is 9.15 Å². The number of carbonyl (C=O) groups excluding carboxylic acids is 1. The molecule has 0 bridgehead atoms. The molecule has 0 aliphatic carbocycles. The number of hydrazone groups is 1. The number of ether oxygens (including phenoxy) is 1. The minimum absolute atomic E-state index is 0.0255. The van der Waals surface area contributed by atoms with Crippen LogP contribution in [0.25, 0.3) is 11.5 Å². The molecule has 0 unspecified atom stereocenters. The number of oxazole rings is 1. The van der Waals surface area contributed by atoms with Crippen molar-refractivity contribution < 1.29 is 13.9 Å². The van der Waals surface area contributed by atoms with Crippen molar-refractivity contribution in [3.8, 4) is 17.2 Å². The van der Waals surface area contributed by atoms with Crippen molar-refractivity contribution in [1.29, 1.82) is 0 Å². The normalized spacial score (nSPS) is 14.9. The highest BCUT2D eigenvalue weighted by molar-refractivity contribution is 6.03. The number of hydrogen-bond donors (Lipinski definition) is 0. The van der Waals surface area contributed by atoms with Gasteiger partial charge in [0.1, 0.15) is 12.0 Å². The molecule has 0 radical (unpaired) electrons. The van der Waals surface area contributed by atoms with E-state index in [9.17, 15) is 4.79 Å². The topological polar surface area (TPSA) is 67.9 Å². The number of amides is 1. The second kappa shape index (κ2) is 9.22. The summed E-state index contributed by atoms with van der Waals surface area (Å²) in [4.78, 5) is 17.3. The largest absolute Gasteiger partial charge is 0.494 e. The summed E-state index contributed by atoms with van der Waals surface area (Å²) >= 11 is 0. The van der Waals surface area contributed by atoms with Crippen molar-refractivity contribution in [2.45, 2.75) is 59.4 Å². The SMILES string of the molecule is Cc1cc(C)cc(C2=NN(C(=O)CCCOc3ccc(-c4nc(C)co4)cc3)C(C)(C)C2)c1. The number of aryl methyl sites for hydroxylation is 3. The molecular formula is C27H31N3O3. The molecule has 0 N–H and O–H groups in total. The van der Waals surface area contributed by atoms with E-state index < -0.39 is 0 Å². The van der Waals surface area contributed by atoms with Gasteiger partial charge in [0.15, 0.2) is 0 Å². The van der Waals surface area contributed by atoms with Gasteiger partial charge in [-0.2, -0.15) is 5.10 Å². The van der Waals surface area contributed by atoms with Gasteiger partial charge in [-0.15, -0.1) is 0 Å². The van der Waals surface area contributed by atoms with Gasteiger partial charge >= 0.3 is 0 Å². The molecule has 6 nitrogen and oxygen atoms in total. The van der Waals surface area contributed by atoms with Crippen LogP contribution in [-0.2, 0) is 4.79 Å². The first kappa shape index (κ1) is 22.8. The standard InChI is InChI=1S/C27H31N3O3/c1-18-13-19(2)15-22(14-18)24-16-27(4,5)30(29-24)25(31)7-6-12-32-23-10-8-21(9-11-23)26-28-20(3)17-33-26/h8-11,13-15,17H,6-7,12,16H2,1-5H3. The summed E-state index contributed by atoms with van der Waals surface area (Å²) < 4.78 is 11.2. The van der Waals surface area contributed by atoms with Crippen LogP contribution >= 0.6 is 0 Å². The van der Waals surface area contributed by atoms with E-state index in [1.807, 2.05) is 31.2 Å². The number of nitrogens with zero attached hydrogens (tertiary/aromatic N) is 3. The molecule has 172 valence electrons. The predicted octanol–water partition coefficient (Wildman–Crippen LogP) is 5.84. The third-order valence-electron chi connectivity index (χ3n) is 5.71. The van der Waals surface area contributed by atoms with Gasteiger partial charge in [0.25, 0.3) is 0 Å². The van der Waals surface area contributed by atoms with Crippen molar-refractivity contribution in [3.63, 3.8) is 0 Å². The van der Waals surface area contributed by atoms with E-state index in [2.05, 4.69) is 50.9 Å². The van der Waals surface area contributed by atoms with Gasteiger partial charge in [-0.25, -0.2) is 9.99 Å². The van der Waals surface area contributed by atoms with Crippen molar-refractivity contribution in [3.05, 3.63) is 71.1 Å². The summed E-state index contributed by atoms with van der Waals surface area (Å²) in [7, 11) is 0. The Kier molecular flexibility index (Phi) is 6.36. The molecule has 1 aliphatic heterocycles. The minimum Gasteiger partial charge on any atom is -0.494 e. The summed E-state index contributed by atoms with van der Waals surface area (Å²) in [5.41, 5.74) is 5.90. The fourth-order valence-corrected chi connectivity index (χ4v) is 4.17. The smallest absolute Gasteiger partial charge is 0.243 e. The van der Waals surface area contributed by atoms with Crippen molar-refractivity contribution in [2.24, 2.45) is 5.10 Å². The van der Waals surface area contributed by atoms with E-state index in [4.69, 9.17) is 14.3 Å². The lowest BCUT2D eigenvalue weighted by molar-refractivity contribution is -0.135. The second-order valence-electron chi connectivity index (χ2n) is 9.39. The molecule has 1 aliphatic rings. The third-order valence-corrected chi connectivity index (χ3v) is 5.71. The Bertz CT molecular complexity index is 1160. The molecule has 0 saturated heterocycles. The second-order valence-corrected chi connectivity index (χ2v) is 9.39. The summed E-state index contributed by atoms with van der Waals surface area (Å²) in [6, 6.07) is 14.0. The molecule has 2 heterocycles. The molecule has 0 saturated carbocycles. The average Bonchev–Trinajstić information content (AvgIpc) is 3.33.